The second kappa shape index (κ2) is 11.4. The summed E-state index contributed by atoms with van der Waals surface area (Å²) in [5, 5.41) is 4.85. The van der Waals surface area contributed by atoms with Crippen molar-refractivity contribution in [1.29, 1.82) is 0 Å². The van der Waals surface area contributed by atoms with Gasteiger partial charge in [0.05, 0.1) is 18.4 Å². The molecule has 176 valence electrons. The minimum atomic E-state index is -0.817. The van der Waals surface area contributed by atoms with Gasteiger partial charge in [0.15, 0.2) is 24.7 Å². The molecule has 0 saturated carbocycles. The summed E-state index contributed by atoms with van der Waals surface area (Å²) in [5.74, 6) is -2.72. The van der Waals surface area contributed by atoms with Crippen molar-refractivity contribution < 1.29 is 37.4 Å². The van der Waals surface area contributed by atoms with E-state index in [0.29, 0.717) is 5.69 Å². The van der Waals surface area contributed by atoms with Crippen molar-refractivity contribution in [1.82, 2.24) is 0 Å². The molecule has 0 atom stereocenters. The van der Waals surface area contributed by atoms with Gasteiger partial charge in [-0.15, -0.1) is 0 Å². The van der Waals surface area contributed by atoms with Crippen LogP contribution in [0.5, 0.6) is 11.5 Å². The number of nitrogens with one attached hydrogen (secondary N) is 2. The Kier molecular flexibility index (Phi) is 8.11. The number of carbonyl (C=O) groups excluding carboxylic acids is 3. The highest BCUT2D eigenvalue weighted by molar-refractivity contribution is 5.96. The van der Waals surface area contributed by atoms with E-state index in [2.05, 4.69) is 10.6 Å². The molecular formula is C24H20F2N2O6. The summed E-state index contributed by atoms with van der Waals surface area (Å²) in [7, 11) is 1.34. The highest BCUT2D eigenvalue weighted by atomic mass is 19.1. The minimum absolute atomic E-state index is 0.0322. The van der Waals surface area contributed by atoms with Gasteiger partial charge >= 0.3 is 5.97 Å². The molecule has 0 aliphatic rings. The first-order valence-corrected chi connectivity index (χ1v) is 9.93. The minimum Gasteiger partial charge on any atom is -0.493 e. The molecule has 8 nitrogen and oxygen atoms in total. The van der Waals surface area contributed by atoms with E-state index < -0.39 is 36.0 Å². The highest BCUT2D eigenvalue weighted by Crippen LogP contribution is 2.28. The maximum absolute atomic E-state index is 13.6. The number of benzene rings is 3. The maximum atomic E-state index is 13.6. The molecule has 3 aromatic rings. The molecule has 10 heteroatoms. The molecule has 0 aliphatic carbocycles. The van der Waals surface area contributed by atoms with Crippen molar-refractivity contribution >= 4 is 29.2 Å². The number of anilines is 2. The standard InChI is InChI=1S/C24H20F2N2O6/c1-32-21-12-15(24(31)34-14-23(30)28-19-5-3-2-4-18(19)26)6-11-20(21)33-13-22(29)27-17-9-7-16(25)8-10-17/h2-12H,13-14H2,1H3,(H,27,29)(H,28,30). The number of para-hydroxylation sites is 1. The fourth-order valence-electron chi connectivity index (χ4n) is 2.75. The number of carbonyl (C=O) groups is 3. The Labute approximate surface area is 193 Å². The lowest BCUT2D eigenvalue weighted by Crippen LogP contribution is -2.21. The molecule has 0 radical (unpaired) electrons. The lowest BCUT2D eigenvalue weighted by molar-refractivity contribution is -0.119. The third-order valence-corrected chi connectivity index (χ3v) is 4.37. The molecule has 3 rings (SSSR count). The summed E-state index contributed by atoms with van der Waals surface area (Å²) in [6.07, 6.45) is 0. The predicted molar refractivity (Wildman–Crippen MR) is 119 cm³/mol. The van der Waals surface area contributed by atoms with Crippen molar-refractivity contribution in [2.45, 2.75) is 0 Å². The fourth-order valence-corrected chi connectivity index (χ4v) is 2.75. The van der Waals surface area contributed by atoms with Crippen LogP contribution in [0.1, 0.15) is 10.4 Å². The number of hydrogen-bond donors (Lipinski definition) is 2. The van der Waals surface area contributed by atoms with E-state index >= 15 is 0 Å². The van der Waals surface area contributed by atoms with E-state index in [9.17, 15) is 23.2 Å². The monoisotopic (exact) mass is 470 g/mol. The van der Waals surface area contributed by atoms with E-state index in [4.69, 9.17) is 14.2 Å². The zero-order valence-electron chi connectivity index (χ0n) is 18.0. The first-order valence-electron chi connectivity index (χ1n) is 9.93. The average Bonchev–Trinajstić information content (AvgIpc) is 2.84. The third-order valence-electron chi connectivity index (χ3n) is 4.37. The highest BCUT2D eigenvalue weighted by Gasteiger charge is 2.15. The van der Waals surface area contributed by atoms with E-state index in [1.54, 1.807) is 6.07 Å². The molecule has 0 heterocycles. The molecule has 0 fully saturated rings. The first-order chi connectivity index (χ1) is 16.4. The van der Waals surface area contributed by atoms with Gasteiger partial charge in [0.25, 0.3) is 11.8 Å². The summed E-state index contributed by atoms with van der Waals surface area (Å²) in [6.45, 7) is -0.995. The largest absolute Gasteiger partial charge is 0.493 e. The van der Waals surface area contributed by atoms with E-state index in [1.165, 1.54) is 67.8 Å². The van der Waals surface area contributed by atoms with Gasteiger partial charge in [-0.2, -0.15) is 0 Å². The molecule has 0 spiro atoms. The van der Waals surface area contributed by atoms with Crippen LogP contribution in [0.15, 0.2) is 66.7 Å². The SMILES string of the molecule is COc1cc(C(=O)OCC(=O)Nc2ccccc2F)ccc1OCC(=O)Nc1ccc(F)cc1. The van der Waals surface area contributed by atoms with Crippen LogP contribution in [-0.4, -0.2) is 38.1 Å². The number of esters is 1. The molecule has 0 saturated heterocycles. The number of amides is 2. The molecule has 2 N–H and O–H groups in total. The van der Waals surface area contributed by atoms with Gasteiger partial charge in [-0.3, -0.25) is 9.59 Å². The van der Waals surface area contributed by atoms with Crippen molar-refractivity contribution in [3.05, 3.63) is 83.9 Å². The maximum Gasteiger partial charge on any atom is 0.338 e. The zero-order valence-corrected chi connectivity index (χ0v) is 18.0. The summed E-state index contributed by atoms with van der Waals surface area (Å²) >= 11 is 0. The number of ether oxygens (including phenoxy) is 3. The first kappa shape index (κ1) is 24.2. The van der Waals surface area contributed by atoms with E-state index in [1.807, 2.05) is 0 Å². The van der Waals surface area contributed by atoms with Gasteiger partial charge in [0.1, 0.15) is 11.6 Å². The van der Waals surface area contributed by atoms with Crippen LogP contribution in [0.3, 0.4) is 0 Å². The summed E-state index contributed by atoms with van der Waals surface area (Å²) in [4.78, 5) is 36.2. The Bertz CT molecular complexity index is 1180. The molecule has 3 aromatic carbocycles. The molecule has 0 unspecified atom stereocenters. The Morgan fingerprint density at radius 2 is 1.53 bits per heavy atom. The summed E-state index contributed by atoms with van der Waals surface area (Å²) in [5.41, 5.74) is 0.438. The molecular weight excluding hydrogens is 450 g/mol. The van der Waals surface area contributed by atoms with E-state index in [0.717, 1.165) is 0 Å². The van der Waals surface area contributed by atoms with Gasteiger partial charge < -0.3 is 24.8 Å². The Morgan fingerprint density at radius 3 is 2.24 bits per heavy atom. The Balaban J connectivity index is 1.53. The van der Waals surface area contributed by atoms with Crippen molar-refractivity contribution in [2.24, 2.45) is 0 Å². The molecule has 34 heavy (non-hydrogen) atoms. The normalized spacial score (nSPS) is 10.2. The molecule has 2 amide bonds. The van der Waals surface area contributed by atoms with Crippen LogP contribution >= 0.6 is 0 Å². The van der Waals surface area contributed by atoms with Crippen LogP contribution in [0.4, 0.5) is 20.2 Å². The predicted octanol–water partition coefficient (Wildman–Crippen LogP) is 3.79. The number of methoxy groups -OCH3 is 1. The molecule has 0 aromatic heterocycles. The quantitative estimate of drug-likeness (QED) is 0.462. The average molecular weight is 470 g/mol. The second-order valence-corrected chi connectivity index (χ2v) is 6.81. The van der Waals surface area contributed by atoms with Crippen LogP contribution in [0.2, 0.25) is 0 Å². The van der Waals surface area contributed by atoms with Gasteiger partial charge in [0, 0.05) is 5.69 Å². The second-order valence-electron chi connectivity index (χ2n) is 6.81. The number of hydrogen-bond acceptors (Lipinski definition) is 6. The van der Waals surface area contributed by atoms with E-state index in [-0.39, 0.29) is 29.4 Å². The summed E-state index contributed by atoms with van der Waals surface area (Å²) in [6, 6.07) is 14.9. The Morgan fingerprint density at radius 1 is 0.824 bits per heavy atom. The lowest BCUT2D eigenvalue weighted by Gasteiger charge is -2.12. The van der Waals surface area contributed by atoms with Gasteiger partial charge in [-0.05, 0) is 54.6 Å². The van der Waals surface area contributed by atoms with Crippen molar-refractivity contribution in [3.63, 3.8) is 0 Å². The van der Waals surface area contributed by atoms with Crippen LogP contribution in [0.25, 0.3) is 0 Å². The van der Waals surface area contributed by atoms with Gasteiger partial charge in [-0.1, -0.05) is 12.1 Å². The van der Waals surface area contributed by atoms with Crippen molar-refractivity contribution in [3.8, 4) is 11.5 Å². The van der Waals surface area contributed by atoms with Crippen LogP contribution < -0.4 is 20.1 Å². The number of rotatable bonds is 9. The molecule has 0 bridgehead atoms. The third kappa shape index (κ3) is 6.76. The van der Waals surface area contributed by atoms with Gasteiger partial charge in [0.2, 0.25) is 0 Å². The topological polar surface area (TPSA) is 103 Å². The Hall–Kier alpha value is -4.47. The van der Waals surface area contributed by atoms with Crippen LogP contribution in [0, 0.1) is 11.6 Å². The smallest absolute Gasteiger partial charge is 0.338 e. The summed E-state index contributed by atoms with van der Waals surface area (Å²) < 4.78 is 42.1. The van der Waals surface area contributed by atoms with Crippen molar-refractivity contribution in [2.75, 3.05) is 31.0 Å². The lowest BCUT2D eigenvalue weighted by atomic mass is 10.2. The van der Waals surface area contributed by atoms with Gasteiger partial charge in [-0.25, -0.2) is 13.6 Å². The molecule has 0 aliphatic heterocycles. The number of halogens is 2. The van der Waals surface area contributed by atoms with Crippen LogP contribution in [-0.2, 0) is 14.3 Å². The fraction of sp³-hybridized carbons (Fsp3) is 0.125. The zero-order chi connectivity index (χ0) is 24.5.